The molecule has 0 aromatic heterocycles. The number of amides is 1. The molecule has 0 heterocycles. The van der Waals surface area contributed by atoms with Crippen molar-refractivity contribution in [3.63, 3.8) is 0 Å². The second-order valence-corrected chi connectivity index (χ2v) is 4.57. The molecule has 1 amide bonds. The largest absolute Gasteiger partial charge is 0.355 e. The number of unbranched alkanes of at least 4 members (excludes halogenated alkanes) is 3. The van der Waals surface area contributed by atoms with Gasteiger partial charge in [-0.3, -0.25) is 4.79 Å². The molecule has 0 atom stereocenters. The first-order valence-corrected chi connectivity index (χ1v) is 6.81. The summed E-state index contributed by atoms with van der Waals surface area (Å²) in [4.78, 5) is 11.2. The van der Waals surface area contributed by atoms with E-state index in [4.69, 9.17) is 0 Å². The van der Waals surface area contributed by atoms with Gasteiger partial charge in [0.05, 0.1) is 5.75 Å². The van der Waals surface area contributed by atoms with Crippen LogP contribution in [0.4, 0.5) is 0 Å². The maximum atomic E-state index is 11.2. The summed E-state index contributed by atoms with van der Waals surface area (Å²) < 4.78 is 0. The molecule has 84 valence electrons. The molecule has 14 heavy (non-hydrogen) atoms. The number of carbonyl (C=O) groups excluding carboxylic acids is 1. The zero-order chi connectivity index (χ0) is 10.6. The van der Waals surface area contributed by atoms with Crippen LogP contribution >= 0.6 is 11.8 Å². The Labute approximate surface area is 92.2 Å². The molecule has 0 spiro atoms. The molecule has 0 saturated carbocycles. The van der Waals surface area contributed by atoms with Crippen molar-refractivity contribution in [2.45, 2.75) is 46.0 Å². The average Bonchev–Trinajstić information content (AvgIpc) is 2.18. The summed E-state index contributed by atoms with van der Waals surface area (Å²) in [5.41, 5.74) is 0. The molecule has 0 aliphatic carbocycles. The highest BCUT2D eigenvalue weighted by Crippen LogP contribution is 2.05. The lowest BCUT2D eigenvalue weighted by atomic mass is 10.3. The fourth-order valence-electron chi connectivity index (χ4n) is 1.07. The first-order chi connectivity index (χ1) is 6.81. The van der Waals surface area contributed by atoms with E-state index in [-0.39, 0.29) is 5.91 Å². The third kappa shape index (κ3) is 9.90. The maximum absolute atomic E-state index is 11.2. The predicted octanol–water partition coefficient (Wildman–Crippen LogP) is 2.83. The Bertz CT molecular complexity index is 139. The Balaban J connectivity index is 3.10. The molecule has 0 fully saturated rings. The van der Waals surface area contributed by atoms with E-state index in [0.29, 0.717) is 5.75 Å². The summed E-state index contributed by atoms with van der Waals surface area (Å²) in [6.45, 7) is 5.17. The highest BCUT2D eigenvalue weighted by molar-refractivity contribution is 7.99. The van der Waals surface area contributed by atoms with Gasteiger partial charge in [-0.2, -0.15) is 11.8 Å². The van der Waals surface area contributed by atoms with Crippen LogP contribution < -0.4 is 5.32 Å². The van der Waals surface area contributed by atoms with Gasteiger partial charge in [0.1, 0.15) is 0 Å². The number of hydrogen-bond donors (Lipinski definition) is 1. The lowest BCUT2D eigenvalue weighted by molar-refractivity contribution is -0.118. The number of nitrogens with one attached hydrogen (secondary N) is 1. The topological polar surface area (TPSA) is 29.1 Å². The van der Waals surface area contributed by atoms with E-state index in [2.05, 4.69) is 19.2 Å². The minimum atomic E-state index is 0.194. The monoisotopic (exact) mass is 217 g/mol. The van der Waals surface area contributed by atoms with Gasteiger partial charge in [-0.05, 0) is 18.6 Å². The van der Waals surface area contributed by atoms with Crippen LogP contribution in [0, 0.1) is 0 Å². The van der Waals surface area contributed by atoms with Gasteiger partial charge in [0, 0.05) is 6.54 Å². The summed E-state index contributed by atoms with van der Waals surface area (Å²) in [7, 11) is 0. The Morgan fingerprint density at radius 3 is 2.50 bits per heavy atom. The van der Waals surface area contributed by atoms with Crippen molar-refractivity contribution < 1.29 is 4.79 Å². The lowest BCUT2D eigenvalue weighted by Gasteiger charge is -2.03. The third-order valence-corrected chi connectivity index (χ3v) is 3.02. The van der Waals surface area contributed by atoms with E-state index < -0.39 is 0 Å². The molecule has 0 rings (SSSR count). The van der Waals surface area contributed by atoms with E-state index in [1.807, 2.05) is 0 Å². The van der Waals surface area contributed by atoms with Gasteiger partial charge in [-0.1, -0.05) is 33.1 Å². The van der Waals surface area contributed by atoms with E-state index in [0.717, 1.165) is 25.1 Å². The van der Waals surface area contributed by atoms with Crippen molar-refractivity contribution >= 4 is 17.7 Å². The summed E-state index contributed by atoms with van der Waals surface area (Å²) >= 11 is 1.75. The molecule has 0 bridgehead atoms. The highest BCUT2D eigenvalue weighted by atomic mass is 32.2. The molecule has 0 aliphatic rings. The molecule has 0 aromatic carbocycles. The molecule has 0 aromatic rings. The van der Waals surface area contributed by atoms with Crippen LogP contribution in [0.25, 0.3) is 0 Å². The van der Waals surface area contributed by atoms with Crippen LogP contribution in [0.2, 0.25) is 0 Å². The van der Waals surface area contributed by atoms with Gasteiger partial charge in [-0.25, -0.2) is 0 Å². The van der Waals surface area contributed by atoms with Crippen molar-refractivity contribution in [1.82, 2.24) is 5.32 Å². The minimum Gasteiger partial charge on any atom is -0.355 e. The number of carbonyl (C=O) groups is 1. The number of hydrogen-bond acceptors (Lipinski definition) is 2. The van der Waals surface area contributed by atoms with E-state index in [9.17, 15) is 4.79 Å². The van der Waals surface area contributed by atoms with Gasteiger partial charge < -0.3 is 5.32 Å². The van der Waals surface area contributed by atoms with E-state index in [1.165, 1.54) is 19.3 Å². The first kappa shape index (κ1) is 13.8. The number of rotatable bonds is 9. The van der Waals surface area contributed by atoms with Crippen molar-refractivity contribution in [1.29, 1.82) is 0 Å². The summed E-state index contributed by atoms with van der Waals surface area (Å²) in [6.07, 6.45) is 6.01. The fourth-order valence-corrected chi connectivity index (χ4v) is 1.91. The van der Waals surface area contributed by atoms with Gasteiger partial charge in [0.25, 0.3) is 0 Å². The lowest BCUT2D eigenvalue weighted by Crippen LogP contribution is -2.26. The summed E-state index contributed by atoms with van der Waals surface area (Å²) in [5.74, 6) is 1.95. The van der Waals surface area contributed by atoms with Gasteiger partial charge in [0.2, 0.25) is 5.91 Å². The second-order valence-electron chi connectivity index (χ2n) is 3.46. The van der Waals surface area contributed by atoms with Crippen LogP contribution in [0.15, 0.2) is 0 Å². The summed E-state index contributed by atoms with van der Waals surface area (Å²) in [6, 6.07) is 0. The Kier molecular flexibility index (Phi) is 10.8. The quantitative estimate of drug-likeness (QED) is 0.602. The molecule has 2 nitrogen and oxygen atoms in total. The highest BCUT2D eigenvalue weighted by Gasteiger charge is 1.99. The van der Waals surface area contributed by atoms with E-state index in [1.54, 1.807) is 11.8 Å². The van der Waals surface area contributed by atoms with Crippen LogP contribution in [-0.2, 0) is 4.79 Å². The zero-order valence-electron chi connectivity index (χ0n) is 9.47. The fraction of sp³-hybridized carbons (Fsp3) is 0.909. The van der Waals surface area contributed by atoms with Gasteiger partial charge >= 0.3 is 0 Å². The zero-order valence-corrected chi connectivity index (χ0v) is 10.3. The standard InChI is InChI=1S/C11H23NOS/c1-3-5-7-9-14-10-11(13)12-8-6-4-2/h3-10H2,1-2H3,(H,12,13). The average molecular weight is 217 g/mol. The van der Waals surface area contributed by atoms with Crippen molar-refractivity contribution in [3.05, 3.63) is 0 Å². The molecular formula is C11H23NOS. The second kappa shape index (κ2) is 10.9. The molecular weight excluding hydrogens is 194 g/mol. The Hall–Kier alpha value is -0.180. The first-order valence-electron chi connectivity index (χ1n) is 5.65. The van der Waals surface area contributed by atoms with Crippen molar-refractivity contribution in [2.75, 3.05) is 18.1 Å². The number of thioether (sulfide) groups is 1. The molecule has 0 radical (unpaired) electrons. The Morgan fingerprint density at radius 1 is 1.14 bits per heavy atom. The normalized spacial score (nSPS) is 10.1. The van der Waals surface area contributed by atoms with Crippen LogP contribution in [0.3, 0.4) is 0 Å². The smallest absolute Gasteiger partial charge is 0.229 e. The molecule has 0 aliphatic heterocycles. The minimum absolute atomic E-state index is 0.194. The van der Waals surface area contributed by atoms with E-state index >= 15 is 0 Å². The van der Waals surface area contributed by atoms with Crippen molar-refractivity contribution in [3.8, 4) is 0 Å². The summed E-state index contributed by atoms with van der Waals surface area (Å²) in [5, 5.41) is 2.91. The molecule has 3 heteroatoms. The van der Waals surface area contributed by atoms with Gasteiger partial charge in [0.15, 0.2) is 0 Å². The molecule has 0 unspecified atom stereocenters. The predicted molar refractivity (Wildman–Crippen MR) is 64.8 cm³/mol. The third-order valence-electron chi connectivity index (χ3n) is 1.98. The van der Waals surface area contributed by atoms with Gasteiger partial charge in [-0.15, -0.1) is 0 Å². The molecule has 0 saturated heterocycles. The van der Waals surface area contributed by atoms with Crippen LogP contribution in [0.1, 0.15) is 46.0 Å². The molecule has 1 N–H and O–H groups in total. The van der Waals surface area contributed by atoms with Crippen molar-refractivity contribution in [2.24, 2.45) is 0 Å². The Morgan fingerprint density at radius 2 is 1.86 bits per heavy atom. The van der Waals surface area contributed by atoms with Crippen LogP contribution in [-0.4, -0.2) is 24.0 Å². The van der Waals surface area contributed by atoms with Crippen LogP contribution in [0.5, 0.6) is 0 Å². The maximum Gasteiger partial charge on any atom is 0.229 e. The SMILES string of the molecule is CCCCCSCC(=O)NCCCC.